The lowest BCUT2D eigenvalue weighted by atomic mass is 10.3. The van der Waals surface area contributed by atoms with E-state index in [4.69, 9.17) is 5.73 Å². The van der Waals surface area contributed by atoms with Gasteiger partial charge in [-0.3, -0.25) is 4.79 Å². The van der Waals surface area contributed by atoms with Gasteiger partial charge in [0, 0.05) is 12.7 Å². The van der Waals surface area contributed by atoms with Gasteiger partial charge in [-0.1, -0.05) is 11.3 Å². The van der Waals surface area contributed by atoms with Gasteiger partial charge in [-0.2, -0.15) is 0 Å². The normalized spacial score (nSPS) is 10.8. The summed E-state index contributed by atoms with van der Waals surface area (Å²) in [4.78, 5) is 11.2. The van der Waals surface area contributed by atoms with Crippen LogP contribution < -0.4 is 10.6 Å². The highest BCUT2D eigenvalue weighted by Gasteiger charge is 2.02. The minimum atomic E-state index is 0.0515. The summed E-state index contributed by atoms with van der Waals surface area (Å²) in [5.74, 6) is 0. The fraction of sp³-hybridized carbons (Fsp3) is 0.125. The lowest BCUT2D eigenvalue weighted by Crippen LogP contribution is -2.06. The Hall–Kier alpha value is -1.29. The molecule has 4 heteroatoms. The Labute approximate surface area is 73.0 Å². The molecular weight excluding hydrogens is 172 g/mol. The van der Waals surface area contributed by atoms with E-state index in [-0.39, 0.29) is 4.87 Å². The van der Waals surface area contributed by atoms with E-state index in [9.17, 15) is 4.79 Å². The monoisotopic (exact) mass is 180 g/mol. The standard InChI is InChI=1S/C8H8N2OS/c1-10-6-4-5(9)2-3-7(6)12-8(10)11/h2-4H,9H2,1H3. The first-order chi connectivity index (χ1) is 5.68. The van der Waals surface area contributed by atoms with Crippen molar-refractivity contribution in [1.29, 1.82) is 0 Å². The molecule has 0 aliphatic rings. The Morgan fingerprint density at radius 2 is 2.25 bits per heavy atom. The molecule has 0 saturated carbocycles. The topological polar surface area (TPSA) is 48.0 Å². The molecule has 0 bridgehead atoms. The number of nitrogens with zero attached hydrogens (tertiary/aromatic N) is 1. The van der Waals surface area contributed by atoms with E-state index in [1.807, 2.05) is 12.1 Å². The van der Waals surface area contributed by atoms with Crippen molar-refractivity contribution >= 4 is 27.2 Å². The Morgan fingerprint density at radius 3 is 3.00 bits per heavy atom. The minimum Gasteiger partial charge on any atom is -0.399 e. The molecule has 1 heterocycles. The summed E-state index contributed by atoms with van der Waals surface area (Å²) >= 11 is 1.24. The van der Waals surface area contributed by atoms with Gasteiger partial charge < -0.3 is 10.3 Å². The first kappa shape index (κ1) is 7.36. The highest BCUT2D eigenvalue weighted by molar-refractivity contribution is 7.16. The van der Waals surface area contributed by atoms with Gasteiger partial charge >= 0.3 is 4.87 Å². The summed E-state index contributed by atoms with van der Waals surface area (Å²) in [6.07, 6.45) is 0. The van der Waals surface area contributed by atoms with Crippen molar-refractivity contribution in [2.45, 2.75) is 0 Å². The molecule has 12 heavy (non-hydrogen) atoms. The first-order valence-electron chi connectivity index (χ1n) is 3.53. The minimum absolute atomic E-state index is 0.0515. The molecule has 2 aromatic rings. The predicted molar refractivity (Wildman–Crippen MR) is 51.5 cm³/mol. The molecular formula is C8H8N2OS. The van der Waals surface area contributed by atoms with Crippen LogP contribution in [-0.2, 0) is 7.05 Å². The van der Waals surface area contributed by atoms with Crippen molar-refractivity contribution < 1.29 is 0 Å². The van der Waals surface area contributed by atoms with Crippen LogP contribution in [0.3, 0.4) is 0 Å². The quantitative estimate of drug-likeness (QED) is 0.619. The summed E-state index contributed by atoms with van der Waals surface area (Å²) in [5, 5.41) is 0. The average molecular weight is 180 g/mol. The Morgan fingerprint density at radius 1 is 1.50 bits per heavy atom. The largest absolute Gasteiger partial charge is 0.399 e. The molecule has 0 radical (unpaired) electrons. The smallest absolute Gasteiger partial charge is 0.307 e. The summed E-state index contributed by atoms with van der Waals surface area (Å²) in [7, 11) is 1.75. The SMILES string of the molecule is Cn1c(=O)sc2ccc(N)cc21. The van der Waals surface area contributed by atoms with Crippen LogP contribution >= 0.6 is 11.3 Å². The van der Waals surface area contributed by atoms with Crippen molar-refractivity contribution in [1.82, 2.24) is 4.57 Å². The summed E-state index contributed by atoms with van der Waals surface area (Å²) in [5.41, 5.74) is 7.19. The molecule has 0 unspecified atom stereocenters. The van der Waals surface area contributed by atoms with Gasteiger partial charge in [0.05, 0.1) is 10.2 Å². The number of hydrogen-bond donors (Lipinski definition) is 1. The third-order valence-corrected chi connectivity index (χ3v) is 2.83. The zero-order valence-corrected chi connectivity index (χ0v) is 7.39. The van der Waals surface area contributed by atoms with Gasteiger partial charge in [0.25, 0.3) is 0 Å². The lowest BCUT2D eigenvalue weighted by molar-refractivity contribution is 0.939. The molecule has 0 aliphatic carbocycles. The maximum Gasteiger partial charge on any atom is 0.307 e. The van der Waals surface area contributed by atoms with Crippen LogP contribution in [0.4, 0.5) is 5.69 Å². The third-order valence-electron chi connectivity index (χ3n) is 1.82. The molecule has 0 atom stereocenters. The number of benzene rings is 1. The number of rotatable bonds is 0. The highest BCUT2D eigenvalue weighted by atomic mass is 32.1. The van der Waals surface area contributed by atoms with Gasteiger partial charge in [-0.05, 0) is 18.2 Å². The van der Waals surface area contributed by atoms with E-state index in [0.29, 0.717) is 5.69 Å². The number of nitrogens with two attached hydrogens (primary N) is 1. The van der Waals surface area contributed by atoms with Crippen LogP contribution in [-0.4, -0.2) is 4.57 Å². The predicted octanol–water partition coefficient (Wildman–Crippen LogP) is 1.18. The second-order valence-electron chi connectivity index (χ2n) is 2.65. The first-order valence-corrected chi connectivity index (χ1v) is 4.35. The molecule has 0 fully saturated rings. The molecule has 62 valence electrons. The van der Waals surface area contributed by atoms with Crippen LogP contribution in [0.1, 0.15) is 0 Å². The molecule has 0 spiro atoms. The molecule has 0 saturated heterocycles. The van der Waals surface area contributed by atoms with Crippen LogP contribution in [0.5, 0.6) is 0 Å². The van der Waals surface area contributed by atoms with Gasteiger partial charge in [-0.25, -0.2) is 0 Å². The number of aromatic nitrogens is 1. The molecule has 0 amide bonds. The fourth-order valence-corrected chi connectivity index (χ4v) is 2.00. The second kappa shape index (κ2) is 2.35. The zero-order valence-electron chi connectivity index (χ0n) is 6.57. The van der Waals surface area contributed by atoms with Crippen molar-refractivity contribution in [3.05, 3.63) is 27.9 Å². The van der Waals surface area contributed by atoms with Crippen LogP contribution in [0.25, 0.3) is 10.2 Å². The summed E-state index contributed by atoms with van der Waals surface area (Å²) < 4.78 is 2.59. The maximum atomic E-state index is 11.2. The van der Waals surface area contributed by atoms with Crippen molar-refractivity contribution in [2.75, 3.05) is 5.73 Å². The zero-order chi connectivity index (χ0) is 8.72. The van der Waals surface area contributed by atoms with Gasteiger partial charge in [0.15, 0.2) is 0 Å². The maximum absolute atomic E-state index is 11.2. The Balaban J connectivity index is 2.98. The number of hydrogen-bond acceptors (Lipinski definition) is 3. The number of aryl methyl sites for hydroxylation is 1. The Bertz CT molecular complexity index is 483. The summed E-state index contributed by atoms with van der Waals surface area (Å²) in [6, 6.07) is 5.49. The van der Waals surface area contributed by atoms with E-state index in [1.165, 1.54) is 11.3 Å². The van der Waals surface area contributed by atoms with Gasteiger partial charge in [-0.15, -0.1) is 0 Å². The number of thiazole rings is 1. The van der Waals surface area contributed by atoms with E-state index < -0.39 is 0 Å². The van der Waals surface area contributed by atoms with Crippen molar-refractivity contribution in [2.24, 2.45) is 7.05 Å². The lowest BCUT2D eigenvalue weighted by Gasteiger charge is -1.94. The highest BCUT2D eigenvalue weighted by Crippen LogP contribution is 2.18. The molecule has 1 aromatic heterocycles. The van der Waals surface area contributed by atoms with Crippen LogP contribution in [0.2, 0.25) is 0 Å². The van der Waals surface area contributed by atoms with E-state index in [2.05, 4.69) is 0 Å². The molecule has 3 nitrogen and oxygen atoms in total. The second-order valence-corrected chi connectivity index (χ2v) is 3.65. The molecule has 2 rings (SSSR count). The molecule has 1 aromatic carbocycles. The third kappa shape index (κ3) is 0.921. The average Bonchev–Trinajstić information content (AvgIpc) is 2.31. The van der Waals surface area contributed by atoms with Crippen molar-refractivity contribution in [3.8, 4) is 0 Å². The fourth-order valence-electron chi connectivity index (χ4n) is 1.14. The number of fused-ring (bicyclic) bond motifs is 1. The molecule has 0 aliphatic heterocycles. The number of nitrogen functional groups attached to an aromatic ring is 1. The van der Waals surface area contributed by atoms with E-state index in [1.54, 1.807) is 17.7 Å². The van der Waals surface area contributed by atoms with Crippen molar-refractivity contribution in [3.63, 3.8) is 0 Å². The van der Waals surface area contributed by atoms with Gasteiger partial charge in [0.1, 0.15) is 0 Å². The van der Waals surface area contributed by atoms with Crippen LogP contribution in [0.15, 0.2) is 23.0 Å². The van der Waals surface area contributed by atoms with E-state index >= 15 is 0 Å². The number of anilines is 1. The molecule has 2 N–H and O–H groups in total. The van der Waals surface area contributed by atoms with Crippen LogP contribution in [0, 0.1) is 0 Å². The van der Waals surface area contributed by atoms with Gasteiger partial charge in [0.2, 0.25) is 0 Å². The Kier molecular flexibility index (Phi) is 1.44. The van der Waals surface area contributed by atoms with E-state index in [0.717, 1.165) is 10.2 Å². The summed E-state index contributed by atoms with van der Waals surface area (Å²) in [6.45, 7) is 0.